The molecule has 1 amide bonds. The van der Waals surface area contributed by atoms with Gasteiger partial charge < -0.3 is 15.1 Å². The summed E-state index contributed by atoms with van der Waals surface area (Å²) in [6, 6.07) is 22.0. The van der Waals surface area contributed by atoms with E-state index in [1.54, 1.807) is 6.20 Å². The van der Waals surface area contributed by atoms with Crippen molar-refractivity contribution in [2.24, 2.45) is 0 Å². The van der Waals surface area contributed by atoms with Crippen molar-refractivity contribution in [2.75, 3.05) is 38.1 Å². The van der Waals surface area contributed by atoms with Crippen LogP contribution in [0, 0.1) is 0 Å². The van der Waals surface area contributed by atoms with Gasteiger partial charge >= 0.3 is 0 Å². The fourth-order valence-electron chi connectivity index (χ4n) is 3.53. The maximum absolute atomic E-state index is 13.0. The Morgan fingerprint density at radius 3 is 2.50 bits per heavy atom. The lowest BCUT2D eigenvalue weighted by Crippen LogP contribution is -2.45. The van der Waals surface area contributed by atoms with Gasteiger partial charge in [0.1, 0.15) is 5.03 Å². The Morgan fingerprint density at radius 2 is 1.70 bits per heavy atom. The summed E-state index contributed by atoms with van der Waals surface area (Å²) >= 11 is 1.51. The molecule has 1 aromatic heterocycles. The molecule has 1 aliphatic heterocycles. The summed E-state index contributed by atoms with van der Waals surface area (Å²) in [7, 11) is 2.16. The highest BCUT2D eigenvalue weighted by atomic mass is 32.2. The lowest BCUT2D eigenvalue weighted by atomic mass is 10.1. The van der Waals surface area contributed by atoms with Crippen molar-refractivity contribution in [3.05, 3.63) is 84.1 Å². The molecule has 30 heavy (non-hydrogen) atoms. The Morgan fingerprint density at radius 1 is 0.967 bits per heavy atom. The lowest BCUT2D eigenvalue weighted by Gasteiger charge is -2.35. The van der Waals surface area contributed by atoms with Crippen molar-refractivity contribution in [2.45, 2.75) is 16.5 Å². The first-order valence-corrected chi connectivity index (χ1v) is 11.0. The van der Waals surface area contributed by atoms with E-state index in [0.29, 0.717) is 17.1 Å². The molecule has 0 spiro atoms. The van der Waals surface area contributed by atoms with Crippen LogP contribution in [0.5, 0.6) is 0 Å². The number of pyridine rings is 1. The number of aromatic nitrogens is 1. The van der Waals surface area contributed by atoms with E-state index in [0.717, 1.165) is 36.6 Å². The van der Waals surface area contributed by atoms with Gasteiger partial charge in [-0.05, 0) is 42.9 Å². The minimum Gasteiger partial charge on any atom is -0.369 e. The maximum Gasteiger partial charge on any atom is 0.254 e. The van der Waals surface area contributed by atoms with Gasteiger partial charge in [0.05, 0.1) is 5.56 Å². The van der Waals surface area contributed by atoms with Crippen molar-refractivity contribution in [1.82, 2.24) is 15.2 Å². The van der Waals surface area contributed by atoms with Gasteiger partial charge in [-0.1, -0.05) is 48.2 Å². The van der Waals surface area contributed by atoms with Crippen molar-refractivity contribution in [1.29, 1.82) is 0 Å². The number of benzene rings is 2. The van der Waals surface area contributed by atoms with Gasteiger partial charge in [-0.2, -0.15) is 0 Å². The monoisotopic (exact) mass is 418 g/mol. The minimum atomic E-state index is -0.102. The van der Waals surface area contributed by atoms with E-state index in [1.165, 1.54) is 17.4 Å². The molecule has 0 bridgehead atoms. The highest BCUT2D eigenvalue weighted by Crippen LogP contribution is 2.28. The number of piperazine rings is 1. The fraction of sp³-hybridized carbons (Fsp3) is 0.250. The van der Waals surface area contributed by atoms with Gasteiger partial charge in [0.25, 0.3) is 5.91 Å². The summed E-state index contributed by atoms with van der Waals surface area (Å²) in [5.74, 6) is -0.102. The molecule has 1 N–H and O–H groups in total. The third-order valence-corrected chi connectivity index (χ3v) is 6.28. The van der Waals surface area contributed by atoms with Crippen molar-refractivity contribution >= 4 is 23.4 Å². The van der Waals surface area contributed by atoms with E-state index in [9.17, 15) is 4.79 Å². The van der Waals surface area contributed by atoms with Crippen LogP contribution in [0.1, 0.15) is 15.9 Å². The fourth-order valence-corrected chi connectivity index (χ4v) is 4.43. The molecule has 5 nitrogen and oxygen atoms in total. The van der Waals surface area contributed by atoms with Crippen molar-refractivity contribution in [3.63, 3.8) is 0 Å². The standard InChI is InChI=1S/C24H26N4OS/c1-27-14-16-28(17-15-27)22-12-6-5-8-19(22)18-26-23(29)21-11-7-13-25-24(21)30-20-9-3-2-4-10-20/h2-13H,14-18H2,1H3,(H,26,29). The Balaban J connectivity index is 1.46. The van der Waals surface area contributed by atoms with Gasteiger partial charge in [-0.3, -0.25) is 4.79 Å². The zero-order valence-corrected chi connectivity index (χ0v) is 17.9. The van der Waals surface area contributed by atoms with Crippen LogP contribution < -0.4 is 10.2 Å². The van der Waals surface area contributed by atoms with Crippen LogP contribution in [0.25, 0.3) is 0 Å². The molecule has 0 radical (unpaired) electrons. The van der Waals surface area contributed by atoms with Crippen molar-refractivity contribution < 1.29 is 4.79 Å². The quantitative estimate of drug-likeness (QED) is 0.658. The second kappa shape index (κ2) is 9.78. The summed E-state index contributed by atoms with van der Waals surface area (Å²) in [5, 5.41) is 3.82. The van der Waals surface area contributed by atoms with Crippen LogP contribution in [-0.2, 0) is 6.54 Å². The van der Waals surface area contributed by atoms with Crippen LogP contribution in [-0.4, -0.2) is 49.0 Å². The summed E-state index contributed by atoms with van der Waals surface area (Å²) in [6.07, 6.45) is 1.73. The number of carbonyl (C=O) groups is 1. The average molecular weight is 419 g/mol. The Bertz CT molecular complexity index is 987. The Kier molecular flexibility index (Phi) is 6.67. The number of nitrogens with zero attached hydrogens (tertiary/aromatic N) is 3. The molecule has 6 heteroatoms. The average Bonchev–Trinajstić information content (AvgIpc) is 2.79. The first kappa shape index (κ1) is 20.4. The predicted molar refractivity (Wildman–Crippen MR) is 122 cm³/mol. The number of hydrogen-bond donors (Lipinski definition) is 1. The van der Waals surface area contributed by atoms with E-state index in [4.69, 9.17) is 0 Å². The molecule has 0 unspecified atom stereocenters. The lowest BCUT2D eigenvalue weighted by molar-refractivity contribution is 0.0947. The summed E-state index contributed by atoms with van der Waals surface area (Å²) in [6.45, 7) is 4.60. The van der Waals surface area contributed by atoms with Crippen LogP contribution in [0.15, 0.2) is 82.8 Å². The molecular weight excluding hydrogens is 392 g/mol. The van der Waals surface area contributed by atoms with Crippen LogP contribution in [0.4, 0.5) is 5.69 Å². The van der Waals surface area contributed by atoms with Crippen molar-refractivity contribution in [3.8, 4) is 0 Å². The molecule has 1 aliphatic rings. The summed E-state index contributed by atoms with van der Waals surface area (Å²) in [5.41, 5.74) is 2.94. The second-order valence-corrected chi connectivity index (χ2v) is 8.44. The van der Waals surface area contributed by atoms with Gasteiger partial charge in [-0.15, -0.1) is 0 Å². The van der Waals surface area contributed by atoms with Crippen LogP contribution in [0.3, 0.4) is 0 Å². The van der Waals surface area contributed by atoms with Gasteiger partial charge in [0, 0.05) is 49.5 Å². The third kappa shape index (κ3) is 5.01. The molecule has 154 valence electrons. The summed E-state index contributed by atoms with van der Waals surface area (Å²) < 4.78 is 0. The minimum absolute atomic E-state index is 0.102. The van der Waals surface area contributed by atoms with Gasteiger partial charge in [0.15, 0.2) is 0 Å². The first-order chi connectivity index (χ1) is 14.7. The zero-order valence-electron chi connectivity index (χ0n) is 17.1. The molecule has 2 aromatic carbocycles. The van der Waals surface area contributed by atoms with Gasteiger partial charge in [0.2, 0.25) is 0 Å². The van der Waals surface area contributed by atoms with E-state index < -0.39 is 0 Å². The summed E-state index contributed by atoms with van der Waals surface area (Å²) in [4.78, 5) is 23.2. The van der Waals surface area contributed by atoms with E-state index in [1.807, 2.05) is 48.5 Å². The predicted octanol–water partition coefficient (Wildman–Crippen LogP) is 3.91. The topological polar surface area (TPSA) is 48.5 Å². The number of likely N-dealkylation sites (N-methyl/N-ethyl adjacent to an activating group) is 1. The molecule has 0 atom stereocenters. The zero-order chi connectivity index (χ0) is 20.8. The largest absolute Gasteiger partial charge is 0.369 e. The number of carbonyl (C=O) groups excluding carboxylic acids is 1. The first-order valence-electron chi connectivity index (χ1n) is 10.2. The van der Waals surface area contributed by atoms with Crippen LogP contribution in [0.2, 0.25) is 0 Å². The molecule has 2 heterocycles. The number of amides is 1. The molecular formula is C24H26N4OS. The Labute approximate surface area is 182 Å². The third-order valence-electron chi connectivity index (χ3n) is 5.25. The molecule has 1 saturated heterocycles. The SMILES string of the molecule is CN1CCN(c2ccccc2CNC(=O)c2cccnc2Sc2ccccc2)CC1. The highest BCUT2D eigenvalue weighted by Gasteiger charge is 2.18. The number of anilines is 1. The number of nitrogens with one attached hydrogen (secondary N) is 1. The smallest absolute Gasteiger partial charge is 0.254 e. The van der Waals surface area contributed by atoms with E-state index in [2.05, 4.69) is 45.3 Å². The van der Waals surface area contributed by atoms with Gasteiger partial charge in [-0.25, -0.2) is 4.98 Å². The molecule has 3 aromatic rings. The Hall–Kier alpha value is -2.83. The van der Waals surface area contributed by atoms with E-state index >= 15 is 0 Å². The number of para-hydroxylation sites is 1. The molecule has 0 aliphatic carbocycles. The highest BCUT2D eigenvalue weighted by molar-refractivity contribution is 7.99. The maximum atomic E-state index is 13.0. The van der Waals surface area contributed by atoms with E-state index in [-0.39, 0.29) is 5.91 Å². The molecule has 0 saturated carbocycles. The normalized spacial score (nSPS) is 14.5. The second-order valence-electron chi connectivity index (χ2n) is 7.37. The number of hydrogen-bond acceptors (Lipinski definition) is 5. The molecule has 1 fully saturated rings. The van der Waals surface area contributed by atoms with Crippen LogP contribution >= 0.6 is 11.8 Å². The number of rotatable bonds is 6. The molecule has 4 rings (SSSR count).